The summed E-state index contributed by atoms with van der Waals surface area (Å²) >= 11 is 0. The number of aromatic nitrogens is 2. The van der Waals surface area contributed by atoms with E-state index in [-0.39, 0.29) is 18.7 Å². The Hall–Kier alpha value is -2.10. The van der Waals surface area contributed by atoms with Gasteiger partial charge in [-0.2, -0.15) is 0 Å². The maximum absolute atomic E-state index is 12.7. The lowest BCUT2D eigenvalue weighted by atomic mass is 10.1. The average Bonchev–Trinajstić information content (AvgIpc) is 3.16. The molecular weight excluding hydrogens is 376 g/mol. The number of hydrogen-bond acceptors (Lipinski definition) is 7. The molecule has 2 aromatic rings. The molecule has 0 spiro atoms. The molecule has 2 aliphatic heterocycles. The lowest BCUT2D eigenvalue weighted by Gasteiger charge is -2.27. The van der Waals surface area contributed by atoms with Crippen molar-refractivity contribution in [2.24, 2.45) is 0 Å². The number of aliphatic hydroxyl groups is 1. The Morgan fingerprint density at radius 3 is 2.83 bits per heavy atom. The second-order valence-electron chi connectivity index (χ2n) is 7.82. The van der Waals surface area contributed by atoms with E-state index in [1.165, 1.54) is 4.57 Å². The van der Waals surface area contributed by atoms with Crippen LogP contribution in [0.2, 0.25) is 0 Å². The highest BCUT2D eigenvalue weighted by atomic mass is 16.8. The van der Waals surface area contributed by atoms with E-state index in [0.29, 0.717) is 16.7 Å². The Bertz CT molecular complexity index is 971. The number of nitrogens with zero attached hydrogens (tertiary/aromatic N) is 2. The van der Waals surface area contributed by atoms with Gasteiger partial charge in [0.1, 0.15) is 30.1 Å². The minimum Gasteiger partial charge on any atom is -0.388 e. The third-order valence-electron chi connectivity index (χ3n) is 5.19. The summed E-state index contributed by atoms with van der Waals surface area (Å²) in [4.78, 5) is 17.1. The van der Waals surface area contributed by atoms with Crippen LogP contribution in [-0.2, 0) is 25.5 Å². The van der Waals surface area contributed by atoms with Gasteiger partial charge >= 0.3 is 0 Å². The summed E-state index contributed by atoms with van der Waals surface area (Å²) in [6.45, 7) is 9.25. The average molecular weight is 402 g/mol. The Labute approximate surface area is 168 Å². The number of fused-ring (bicyclic) bond motifs is 2. The van der Waals surface area contributed by atoms with Gasteiger partial charge in [-0.15, -0.1) is 6.58 Å². The number of aliphatic hydroxyl groups excluding tert-OH is 1. The number of benzene rings is 1. The van der Waals surface area contributed by atoms with Gasteiger partial charge in [0.15, 0.2) is 12.1 Å². The standard InChI is InChI=1S/C21H26N2O6/c1-5-10-26-20-18-17(28-21(3,4)29-18)16(27-20)15(24)11-23-14-9-7-6-8-13(14)22-12(2)19(23)25/h5-9,15-18,20,24H,1,10-11H2,2-4H3/t15-,16-,17+,18+,20+/m1/s1. The Morgan fingerprint density at radius 2 is 2.07 bits per heavy atom. The van der Waals surface area contributed by atoms with E-state index in [2.05, 4.69) is 11.6 Å². The number of ether oxygens (including phenoxy) is 4. The molecule has 2 saturated heterocycles. The van der Waals surface area contributed by atoms with Crippen LogP contribution in [-0.4, -0.2) is 57.8 Å². The second-order valence-corrected chi connectivity index (χ2v) is 7.82. The van der Waals surface area contributed by atoms with E-state index >= 15 is 0 Å². The van der Waals surface area contributed by atoms with Crippen LogP contribution >= 0.6 is 0 Å². The lowest BCUT2D eigenvalue weighted by Crippen LogP contribution is -2.42. The third kappa shape index (κ3) is 3.74. The molecule has 0 bridgehead atoms. The molecule has 0 amide bonds. The van der Waals surface area contributed by atoms with Crippen LogP contribution < -0.4 is 5.56 Å². The van der Waals surface area contributed by atoms with Gasteiger partial charge in [-0.3, -0.25) is 4.79 Å². The van der Waals surface area contributed by atoms with Crippen molar-refractivity contribution < 1.29 is 24.1 Å². The summed E-state index contributed by atoms with van der Waals surface area (Å²) in [6, 6.07) is 7.34. The fraction of sp³-hybridized carbons (Fsp3) is 0.524. The van der Waals surface area contributed by atoms with E-state index in [1.54, 1.807) is 13.0 Å². The van der Waals surface area contributed by atoms with Gasteiger partial charge in [0.05, 0.1) is 24.2 Å². The summed E-state index contributed by atoms with van der Waals surface area (Å²) in [5, 5.41) is 11.0. The van der Waals surface area contributed by atoms with E-state index in [1.807, 2.05) is 38.1 Å². The van der Waals surface area contributed by atoms with Gasteiger partial charge < -0.3 is 28.6 Å². The molecule has 3 heterocycles. The first-order chi connectivity index (χ1) is 13.8. The third-order valence-corrected chi connectivity index (χ3v) is 5.19. The first kappa shape index (κ1) is 20.2. The van der Waals surface area contributed by atoms with Gasteiger partial charge in [-0.25, -0.2) is 4.98 Å². The monoisotopic (exact) mass is 402 g/mol. The summed E-state index contributed by atoms with van der Waals surface area (Å²) in [7, 11) is 0. The van der Waals surface area contributed by atoms with E-state index < -0.39 is 36.5 Å². The van der Waals surface area contributed by atoms with Crippen molar-refractivity contribution in [3.05, 3.63) is 53.0 Å². The first-order valence-corrected chi connectivity index (χ1v) is 9.68. The van der Waals surface area contributed by atoms with Gasteiger partial charge in [-0.1, -0.05) is 18.2 Å². The van der Waals surface area contributed by atoms with Crippen LogP contribution in [0.5, 0.6) is 0 Å². The van der Waals surface area contributed by atoms with Crippen molar-refractivity contribution in [2.75, 3.05) is 6.61 Å². The van der Waals surface area contributed by atoms with Crippen LogP contribution in [0.25, 0.3) is 11.0 Å². The smallest absolute Gasteiger partial charge is 0.272 e. The molecule has 8 nitrogen and oxygen atoms in total. The quantitative estimate of drug-likeness (QED) is 0.733. The van der Waals surface area contributed by atoms with Crippen molar-refractivity contribution >= 4 is 11.0 Å². The molecule has 1 N–H and O–H groups in total. The molecule has 0 radical (unpaired) electrons. The zero-order valence-electron chi connectivity index (χ0n) is 16.8. The summed E-state index contributed by atoms with van der Waals surface area (Å²) in [5.41, 5.74) is 1.46. The fourth-order valence-electron chi connectivity index (χ4n) is 3.99. The maximum atomic E-state index is 12.7. The molecule has 8 heteroatoms. The molecule has 0 saturated carbocycles. The normalized spacial score (nSPS) is 29.1. The molecule has 0 aliphatic carbocycles. The first-order valence-electron chi connectivity index (χ1n) is 9.68. The zero-order chi connectivity index (χ0) is 20.8. The number of rotatable bonds is 6. The van der Waals surface area contributed by atoms with Crippen LogP contribution in [0.15, 0.2) is 41.7 Å². The van der Waals surface area contributed by atoms with Crippen LogP contribution in [0.3, 0.4) is 0 Å². The number of hydrogen-bond donors (Lipinski definition) is 1. The van der Waals surface area contributed by atoms with Gasteiger partial charge in [0.2, 0.25) is 0 Å². The van der Waals surface area contributed by atoms with E-state index in [4.69, 9.17) is 18.9 Å². The molecule has 1 aromatic carbocycles. The lowest BCUT2D eigenvalue weighted by molar-refractivity contribution is -0.241. The summed E-state index contributed by atoms with van der Waals surface area (Å²) < 4.78 is 25.0. The highest BCUT2D eigenvalue weighted by molar-refractivity contribution is 5.74. The van der Waals surface area contributed by atoms with E-state index in [9.17, 15) is 9.90 Å². The Kier molecular flexibility index (Phi) is 5.30. The van der Waals surface area contributed by atoms with Crippen molar-refractivity contribution in [3.63, 3.8) is 0 Å². The molecule has 2 fully saturated rings. The predicted molar refractivity (Wildman–Crippen MR) is 105 cm³/mol. The topological polar surface area (TPSA) is 92.0 Å². The minimum absolute atomic E-state index is 0.0363. The Morgan fingerprint density at radius 1 is 1.34 bits per heavy atom. The highest BCUT2D eigenvalue weighted by Crippen LogP contribution is 2.40. The van der Waals surface area contributed by atoms with E-state index in [0.717, 1.165) is 0 Å². The molecule has 4 rings (SSSR count). The zero-order valence-corrected chi connectivity index (χ0v) is 16.8. The second kappa shape index (κ2) is 7.62. The highest BCUT2D eigenvalue weighted by Gasteiger charge is 2.57. The molecule has 0 unspecified atom stereocenters. The van der Waals surface area contributed by atoms with Crippen molar-refractivity contribution in [2.45, 2.75) is 63.8 Å². The number of aryl methyl sites for hydroxylation is 1. The SMILES string of the molecule is C=CCO[C@H]1O[C@H]([C@H](O)Cn2c(=O)c(C)nc3ccccc32)[C@@H]2OC(C)(C)O[C@H]12. The number of para-hydroxylation sites is 2. The Balaban J connectivity index is 1.62. The largest absolute Gasteiger partial charge is 0.388 e. The molecular formula is C21H26N2O6. The summed E-state index contributed by atoms with van der Waals surface area (Å²) in [6.07, 6.45) is -1.78. The molecule has 1 aromatic heterocycles. The van der Waals surface area contributed by atoms with Gasteiger partial charge in [0.25, 0.3) is 5.56 Å². The maximum Gasteiger partial charge on any atom is 0.272 e. The van der Waals surface area contributed by atoms with Gasteiger partial charge in [-0.05, 0) is 32.9 Å². The van der Waals surface area contributed by atoms with Crippen LogP contribution in [0, 0.1) is 6.92 Å². The van der Waals surface area contributed by atoms with Crippen molar-refractivity contribution in [3.8, 4) is 0 Å². The molecule has 5 atom stereocenters. The van der Waals surface area contributed by atoms with Crippen molar-refractivity contribution in [1.29, 1.82) is 0 Å². The minimum atomic E-state index is -1.01. The molecule has 156 valence electrons. The fourth-order valence-corrected chi connectivity index (χ4v) is 3.99. The van der Waals surface area contributed by atoms with Gasteiger partial charge in [0, 0.05) is 0 Å². The predicted octanol–water partition coefficient (Wildman–Crippen LogP) is 1.51. The molecule has 2 aliphatic rings. The van der Waals surface area contributed by atoms with Crippen molar-refractivity contribution in [1.82, 2.24) is 9.55 Å². The van der Waals surface area contributed by atoms with Crippen LogP contribution in [0.1, 0.15) is 19.5 Å². The van der Waals surface area contributed by atoms with Crippen LogP contribution in [0.4, 0.5) is 0 Å². The molecule has 29 heavy (non-hydrogen) atoms. The summed E-state index contributed by atoms with van der Waals surface area (Å²) in [5.74, 6) is -0.816.